The Bertz CT molecular complexity index is 540. The van der Waals surface area contributed by atoms with Crippen LogP contribution in [0.25, 0.3) is 0 Å². The van der Waals surface area contributed by atoms with Gasteiger partial charge in [0, 0.05) is 12.0 Å². The average molecular weight is 268 g/mol. The molecule has 0 unspecified atom stereocenters. The Hall–Kier alpha value is -1.64. The molecule has 2 aromatic carbocycles. The molecule has 2 aromatic rings. The van der Waals surface area contributed by atoms with Gasteiger partial charge in [0.25, 0.3) is 0 Å². The molecule has 1 aliphatic carbocycles. The molecule has 2 atom stereocenters. The molecule has 0 aromatic heterocycles. The van der Waals surface area contributed by atoms with Gasteiger partial charge in [0.05, 0.1) is 0 Å². The van der Waals surface area contributed by atoms with Gasteiger partial charge in [0.1, 0.15) is 18.2 Å². The number of rotatable bonds is 4. The van der Waals surface area contributed by atoms with Gasteiger partial charge in [-0.2, -0.15) is 0 Å². The topological polar surface area (TPSA) is 36.8 Å². The van der Waals surface area contributed by atoms with Crippen molar-refractivity contribution in [2.45, 2.75) is 37.5 Å². The lowest BCUT2D eigenvalue weighted by Gasteiger charge is -2.28. The Morgan fingerprint density at radius 1 is 1.00 bits per heavy atom. The zero-order valence-electron chi connectivity index (χ0n) is 11.7. The minimum Gasteiger partial charge on any atom is -0.379 e. The van der Waals surface area contributed by atoms with Crippen molar-refractivity contribution in [1.29, 1.82) is 0 Å². The molecule has 20 heavy (non-hydrogen) atoms. The smallest absolute Gasteiger partial charge is 0.141 e. The highest BCUT2D eigenvalue weighted by molar-refractivity contribution is 5.25. The number of nitrogens with two attached hydrogens (primary N) is 1. The van der Waals surface area contributed by atoms with E-state index in [1.165, 1.54) is 5.56 Å². The molecule has 0 radical (unpaired) electrons. The highest BCUT2D eigenvalue weighted by Gasteiger charge is 2.45. The number of benzene rings is 2. The molecule has 0 saturated heterocycles. The first-order chi connectivity index (χ1) is 9.79. The van der Waals surface area contributed by atoms with Crippen molar-refractivity contribution in [3.8, 4) is 0 Å². The Morgan fingerprint density at radius 2 is 1.65 bits per heavy atom. The van der Waals surface area contributed by atoms with E-state index >= 15 is 0 Å². The third kappa shape index (κ3) is 2.62. The normalized spacial score (nSPS) is 25.8. The van der Waals surface area contributed by atoms with Crippen LogP contribution in [0.2, 0.25) is 0 Å². The van der Waals surface area contributed by atoms with E-state index in [1.807, 2.05) is 24.3 Å². The minimum absolute atomic E-state index is 0.255. The summed E-state index contributed by atoms with van der Waals surface area (Å²) < 4.78 is 0. The van der Waals surface area contributed by atoms with E-state index in [4.69, 9.17) is 0 Å². The molecule has 0 bridgehead atoms. The summed E-state index contributed by atoms with van der Waals surface area (Å²) in [5, 5.41) is 13.4. The van der Waals surface area contributed by atoms with Crippen LogP contribution in [0, 0.1) is 0 Å². The van der Waals surface area contributed by atoms with Crippen molar-refractivity contribution in [3.63, 3.8) is 0 Å². The molecule has 1 saturated carbocycles. The van der Waals surface area contributed by atoms with Gasteiger partial charge in [-0.05, 0) is 18.4 Å². The summed E-state index contributed by atoms with van der Waals surface area (Å²) in [6.45, 7) is 0.931. The van der Waals surface area contributed by atoms with E-state index in [9.17, 15) is 5.11 Å². The molecule has 104 valence electrons. The van der Waals surface area contributed by atoms with Crippen LogP contribution in [0.5, 0.6) is 0 Å². The van der Waals surface area contributed by atoms with Crippen molar-refractivity contribution in [2.75, 3.05) is 0 Å². The van der Waals surface area contributed by atoms with Gasteiger partial charge in [-0.3, -0.25) is 0 Å². The summed E-state index contributed by atoms with van der Waals surface area (Å²) in [5.41, 5.74) is 1.71. The molecule has 3 N–H and O–H groups in total. The van der Waals surface area contributed by atoms with Gasteiger partial charge < -0.3 is 10.4 Å². The van der Waals surface area contributed by atoms with Gasteiger partial charge in [0.2, 0.25) is 0 Å². The fourth-order valence-electron chi connectivity index (χ4n) is 3.31. The Balaban J connectivity index is 1.73. The zero-order chi connectivity index (χ0) is 13.8. The number of aliphatic hydroxyl groups is 1. The maximum absolute atomic E-state index is 11.1. The summed E-state index contributed by atoms with van der Waals surface area (Å²) >= 11 is 0. The molecule has 3 rings (SSSR count). The lowest BCUT2D eigenvalue weighted by Crippen LogP contribution is -2.91. The first kappa shape index (κ1) is 13.3. The van der Waals surface area contributed by atoms with Crippen LogP contribution < -0.4 is 5.32 Å². The van der Waals surface area contributed by atoms with Crippen LogP contribution in [-0.4, -0.2) is 11.1 Å². The second kappa shape index (κ2) is 5.78. The second-order valence-corrected chi connectivity index (χ2v) is 5.71. The Morgan fingerprint density at radius 3 is 2.35 bits per heavy atom. The molecule has 0 amide bonds. The van der Waals surface area contributed by atoms with Crippen molar-refractivity contribution < 1.29 is 10.4 Å². The predicted molar refractivity (Wildman–Crippen MR) is 80.0 cm³/mol. The molecular weight excluding hydrogens is 246 g/mol. The number of hydrogen-bond donors (Lipinski definition) is 2. The first-order valence-electron chi connectivity index (χ1n) is 7.44. The van der Waals surface area contributed by atoms with E-state index < -0.39 is 5.60 Å². The monoisotopic (exact) mass is 268 g/mol. The van der Waals surface area contributed by atoms with Crippen LogP contribution >= 0.6 is 0 Å². The molecule has 2 heteroatoms. The highest BCUT2D eigenvalue weighted by atomic mass is 16.3. The highest BCUT2D eigenvalue weighted by Crippen LogP contribution is 2.37. The number of quaternary nitrogens is 1. The predicted octanol–water partition coefficient (Wildman–Crippen LogP) is 2.19. The quantitative estimate of drug-likeness (QED) is 0.876. The van der Waals surface area contributed by atoms with Crippen molar-refractivity contribution in [3.05, 3.63) is 71.8 Å². The Kier molecular flexibility index (Phi) is 3.86. The maximum Gasteiger partial charge on any atom is 0.141 e. The summed E-state index contributed by atoms with van der Waals surface area (Å²) in [4.78, 5) is 0. The van der Waals surface area contributed by atoms with Gasteiger partial charge in [0.15, 0.2) is 0 Å². The molecule has 0 heterocycles. The van der Waals surface area contributed by atoms with E-state index in [0.717, 1.165) is 31.4 Å². The second-order valence-electron chi connectivity index (χ2n) is 5.71. The van der Waals surface area contributed by atoms with Crippen LogP contribution in [0.1, 0.15) is 30.4 Å². The largest absolute Gasteiger partial charge is 0.379 e. The van der Waals surface area contributed by atoms with Crippen molar-refractivity contribution >= 4 is 0 Å². The van der Waals surface area contributed by atoms with E-state index in [0.29, 0.717) is 0 Å². The molecule has 0 aliphatic heterocycles. The number of hydrogen-bond acceptors (Lipinski definition) is 1. The summed E-state index contributed by atoms with van der Waals surface area (Å²) in [7, 11) is 0. The third-order valence-electron chi connectivity index (χ3n) is 4.44. The summed E-state index contributed by atoms with van der Waals surface area (Å²) in [5.74, 6) is 0. The minimum atomic E-state index is -0.671. The lowest BCUT2D eigenvalue weighted by atomic mass is 9.88. The Labute approximate surface area is 120 Å². The maximum atomic E-state index is 11.1. The van der Waals surface area contributed by atoms with Crippen LogP contribution in [-0.2, 0) is 12.1 Å². The van der Waals surface area contributed by atoms with Crippen LogP contribution in [0.3, 0.4) is 0 Å². The molecule has 1 fully saturated rings. The van der Waals surface area contributed by atoms with Gasteiger partial charge >= 0.3 is 0 Å². The SMILES string of the molecule is O[C@]1(c2ccccc2)CCC[C@H]1[NH2+]Cc1ccccc1. The van der Waals surface area contributed by atoms with E-state index in [-0.39, 0.29) is 6.04 Å². The molecule has 0 spiro atoms. The lowest BCUT2D eigenvalue weighted by molar-refractivity contribution is -0.717. The fraction of sp³-hybridized carbons (Fsp3) is 0.333. The van der Waals surface area contributed by atoms with E-state index in [2.05, 4.69) is 41.7 Å². The zero-order valence-corrected chi connectivity index (χ0v) is 11.7. The summed E-state index contributed by atoms with van der Waals surface area (Å²) in [6.07, 6.45) is 3.05. The first-order valence-corrected chi connectivity index (χ1v) is 7.44. The molecular formula is C18H22NO+. The van der Waals surface area contributed by atoms with E-state index in [1.54, 1.807) is 0 Å². The standard InChI is InChI=1S/C18H21NO/c20-18(16-10-5-2-6-11-16)13-7-12-17(18)19-14-15-8-3-1-4-9-15/h1-6,8-11,17,19-20H,7,12-14H2/p+1/t17-,18+/m1/s1. The van der Waals surface area contributed by atoms with Crippen molar-refractivity contribution in [1.82, 2.24) is 0 Å². The van der Waals surface area contributed by atoms with Gasteiger partial charge in [-0.15, -0.1) is 0 Å². The average Bonchev–Trinajstić information content (AvgIpc) is 2.89. The van der Waals surface area contributed by atoms with Gasteiger partial charge in [-0.25, -0.2) is 0 Å². The van der Waals surface area contributed by atoms with Crippen LogP contribution in [0.4, 0.5) is 0 Å². The van der Waals surface area contributed by atoms with Crippen LogP contribution in [0.15, 0.2) is 60.7 Å². The fourth-order valence-corrected chi connectivity index (χ4v) is 3.31. The van der Waals surface area contributed by atoms with Gasteiger partial charge in [-0.1, -0.05) is 60.7 Å². The third-order valence-corrected chi connectivity index (χ3v) is 4.44. The molecule has 2 nitrogen and oxygen atoms in total. The molecule has 1 aliphatic rings. The summed E-state index contributed by atoms with van der Waals surface area (Å²) in [6, 6.07) is 20.9. The van der Waals surface area contributed by atoms with Crippen molar-refractivity contribution in [2.24, 2.45) is 0 Å².